The van der Waals surface area contributed by atoms with Crippen LogP contribution in [0.25, 0.3) is 0 Å². The van der Waals surface area contributed by atoms with Gasteiger partial charge in [-0.15, -0.1) is 0 Å². The van der Waals surface area contributed by atoms with Gasteiger partial charge in [-0.25, -0.2) is 4.98 Å². The lowest BCUT2D eigenvalue weighted by molar-refractivity contribution is -0.385. The van der Waals surface area contributed by atoms with Crippen molar-refractivity contribution in [1.82, 2.24) is 9.97 Å². The molecule has 2 rings (SSSR count). The number of aryl methyl sites for hydroxylation is 1. The molecule has 1 aromatic rings. The number of aromatic nitrogens is 2. The Morgan fingerprint density at radius 2 is 2.00 bits per heavy atom. The number of nitrogens with one attached hydrogen (secondary N) is 1. The van der Waals surface area contributed by atoms with E-state index in [1.165, 1.54) is 12.8 Å². The molecule has 0 aliphatic heterocycles. The van der Waals surface area contributed by atoms with E-state index in [9.17, 15) is 10.1 Å². The smallest absolute Gasteiger partial charge is 0.332 e. The summed E-state index contributed by atoms with van der Waals surface area (Å²) < 4.78 is 0. The minimum atomic E-state index is -0.448. The zero-order valence-electron chi connectivity index (χ0n) is 12.4. The molecule has 1 N–H and O–H groups in total. The third-order valence-electron chi connectivity index (χ3n) is 4.10. The summed E-state index contributed by atoms with van der Waals surface area (Å²) in [7, 11) is 0. The quantitative estimate of drug-likeness (QED) is 0.502. The van der Waals surface area contributed by atoms with Crippen molar-refractivity contribution in [2.75, 3.05) is 5.32 Å². The molecule has 116 valence electrons. The van der Waals surface area contributed by atoms with Gasteiger partial charge in [-0.05, 0) is 50.1 Å². The fourth-order valence-electron chi connectivity index (χ4n) is 3.05. The van der Waals surface area contributed by atoms with Gasteiger partial charge in [0.2, 0.25) is 11.1 Å². The standard InChI is InChI=1S/C14H21ClN4O2/c1-3-4-10-5-7-11(8-6-10)17-13-12(19(20)21)9(2)16-14(15)18-13/h10-11H,3-8H2,1-2H3,(H,16,17,18). The molecule has 0 spiro atoms. The molecule has 7 heteroatoms. The minimum absolute atomic E-state index is 0.0419. The highest BCUT2D eigenvalue weighted by Crippen LogP contribution is 2.32. The first-order valence-electron chi connectivity index (χ1n) is 7.46. The van der Waals surface area contributed by atoms with Crippen LogP contribution in [0.2, 0.25) is 5.28 Å². The first-order valence-corrected chi connectivity index (χ1v) is 7.84. The number of nitro groups is 1. The number of nitrogens with zero attached hydrogens (tertiary/aromatic N) is 3. The van der Waals surface area contributed by atoms with Gasteiger partial charge in [-0.1, -0.05) is 19.8 Å². The molecular weight excluding hydrogens is 292 g/mol. The number of rotatable bonds is 5. The Bertz CT molecular complexity index is 516. The minimum Gasteiger partial charge on any atom is -0.361 e. The SMILES string of the molecule is CCCC1CCC(Nc2nc(Cl)nc(C)c2[N+](=O)[O-])CC1. The molecule has 1 aliphatic rings. The molecule has 21 heavy (non-hydrogen) atoms. The van der Waals surface area contributed by atoms with Crippen molar-refractivity contribution >= 4 is 23.1 Å². The molecule has 1 fully saturated rings. The van der Waals surface area contributed by atoms with Crippen molar-refractivity contribution in [3.8, 4) is 0 Å². The van der Waals surface area contributed by atoms with Crippen molar-refractivity contribution in [2.24, 2.45) is 5.92 Å². The van der Waals surface area contributed by atoms with Crippen LogP contribution in [0.15, 0.2) is 0 Å². The van der Waals surface area contributed by atoms with Gasteiger partial charge in [-0.3, -0.25) is 10.1 Å². The molecule has 0 aromatic carbocycles. The summed E-state index contributed by atoms with van der Waals surface area (Å²) in [6.45, 7) is 3.79. The second-order valence-electron chi connectivity index (χ2n) is 5.68. The molecular formula is C14H21ClN4O2. The number of halogens is 1. The monoisotopic (exact) mass is 312 g/mol. The molecule has 0 saturated heterocycles. The van der Waals surface area contributed by atoms with E-state index in [-0.39, 0.29) is 22.8 Å². The van der Waals surface area contributed by atoms with Gasteiger partial charge in [-0.2, -0.15) is 4.98 Å². The van der Waals surface area contributed by atoms with Crippen LogP contribution in [-0.4, -0.2) is 20.9 Å². The average molecular weight is 313 g/mol. The van der Waals surface area contributed by atoms with E-state index in [0.29, 0.717) is 5.69 Å². The molecule has 1 saturated carbocycles. The third kappa shape index (κ3) is 4.03. The van der Waals surface area contributed by atoms with Gasteiger partial charge >= 0.3 is 5.69 Å². The van der Waals surface area contributed by atoms with Gasteiger partial charge in [0.05, 0.1) is 4.92 Å². The summed E-state index contributed by atoms with van der Waals surface area (Å²) in [6.07, 6.45) is 6.85. The predicted octanol–water partition coefficient (Wildman–Crippen LogP) is 4.12. The van der Waals surface area contributed by atoms with Crippen molar-refractivity contribution in [3.05, 3.63) is 21.1 Å². The van der Waals surface area contributed by atoms with Crippen LogP contribution in [-0.2, 0) is 0 Å². The molecule has 0 radical (unpaired) electrons. The Morgan fingerprint density at radius 3 is 2.57 bits per heavy atom. The maximum absolute atomic E-state index is 11.2. The maximum Gasteiger partial charge on any atom is 0.332 e. The highest BCUT2D eigenvalue weighted by molar-refractivity contribution is 6.28. The van der Waals surface area contributed by atoms with Crippen LogP contribution in [0, 0.1) is 23.0 Å². The number of hydrogen-bond donors (Lipinski definition) is 1. The lowest BCUT2D eigenvalue weighted by Crippen LogP contribution is -2.27. The Balaban J connectivity index is 2.08. The summed E-state index contributed by atoms with van der Waals surface area (Å²) in [6, 6.07) is 0.224. The number of anilines is 1. The molecule has 6 nitrogen and oxygen atoms in total. The molecule has 0 amide bonds. The van der Waals surface area contributed by atoms with Crippen LogP contribution >= 0.6 is 11.6 Å². The van der Waals surface area contributed by atoms with E-state index < -0.39 is 4.92 Å². The van der Waals surface area contributed by atoms with E-state index >= 15 is 0 Å². The van der Waals surface area contributed by atoms with Gasteiger partial charge in [0, 0.05) is 6.04 Å². The largest absolute Gasteiger partial charge is 0.361 e. The van der Waals surface area contributed by atoms with Gasteiger partial charge in [0.25, 0.3) is 0 Å². The Kier molecular flexibility index (Phi) is 5.33. The average Bonchev–Trinajstić information content (AvgIpc) is 2.40. The fraction of sp³-hybridized carbons (Fsp3) is 0.714. The second kappa shape index (κ2) is 7.02. The maximum atomic E-state index is 11.2. The summed E-state index contributed by atoms with van der Waals surface area (Å²) in [4.78, 5) is 18.6. The number of hydrogen-bond acceptors (Lipinski definition) is 5. The Hall–Kier alpha value is -1.43. The van der Waals surface area contributed by atoms with Gasteiger partial charge < -0.3 is 5.32 Å². The predicted molar refractivity (Wildman–Crippen MR) is 82.7 cm³/mol. The zero-order chi connectivity index (χ0) is 15.4. The van der Waals surface area contributed by atoms with Crippen LogP contribution in [0.5, 0.6) is 0 Å². The van der Waals surface area contributed by atoms with E-state index in [0.717, 1.165) is 31.6 Å². The second-order valence-corrected chi connectivity index (χ2v) is 6.02. The van der Waals surface area contributed by atoms with E-state index in [2.05, 4.69) is 22.2 Å². The van der Waals surface area contributed by atoms with Crippen molar-refractivity contribution in [3.63, 3.8) is 0 Å². The normalized spacial score (nSPS) is 22.0. The Morgan fingerprint density at radius 1 is 1.33 bits per heavy atom. The van der Waals surface area contributed by atoms with Crippen molar-refractivity contribution in [2.45, 2.75) is 58.4 Å². The van der Waals surface area contributed by atoms with E-state index in [1.54, 1.807) is 6.92 Å². The van der Waals surface area contributed by atoms with E-state index in [1.807, 2.05) is 0 Å². The third-order valence-corrected chi connectivity index (χ3v) is 4.27. The molecule has 1 aromatic heterocycles. The van der Waals surface area contributed by atoms with Crippen molar-refractivity contribution in [1.29, 1.82) is 0 Å². The van der Waals surface area contributed by atoms with Gasteiger partial charge in [0.15, 0.2) is 0 Å². The highest BCUT2D eigenvalue weighted by Gasteiger charge is 2.26. The Labute approximate surface area is 129 Å². The molecule has 0 atom stereocenters. The topological polar surface area (TPSA) is 81.0 Å². The van der Waals surface area contributed by atoms with Crippen LogP contribution in [0.1, 0.15) is 51.1 Å². The summed E-state index contributed by atoms with van der Waals surface area (Å²) in [5.41, 5.74) is 0.220. The lowest BCUT2D eigenvalue weighted by atomic mass is 9.83. The van der Waals surface area contributed by atoms with Gasteiger partial charge in [0.1, 0.15) is 5.69 Å². The fourth-order valence-corrected chi connectivity index (χ4v) is 3.26. The van der Waals surface area contributed by atoms with Crippen LogP contribution in [0.3, 0.4) is 0 Å². The summed E-state index contributed by atoms with van der Waals surface area (Å²) in [5.74, 6) is 1.04. The first-order chi connectivity index (χ1) is 10.0. The highest BCUT2D eigenvalue weighted by atomic mass is 35.5. The summed E-state index contributed by atoms with van der Waals surface area (Å²) in [5, 5.41) is 14.4. The first kappa shape index (κ1) is 15.9. The van der Waals surface area contributed by atoms with Crippen LogP contribution in [0.4, 0.5) is 11.5 Å². The lowest BCUT2D eigenvalue weighted by Gasteiger charge is -2.29. The zero-order valence-corrected chi connectivity index (χ0v) is 13.2. The van der Waals surface area contributed by atoms with Crippen LogP contribution < -0.4 is 5.32 Å². The molecule has 0 unspecified atom stereocenters. The molecule has 1 aliphatic carbocycles. The van der Waals surface area contributed by atoms with E-state index in [4.69, 9.17) is 11.6 Å². The molecule has 1 heterocycles. The summed E-state index contributed by atoms with van der Waals surface area (Å²) >= 11 is 5.82. The van der Waals surface area contributed by atoms with Crippen molar-refractivity contribution < 1.29 is 4.92 Å². The molecule has 0 bridgehead atoms.